The Balaban J connectivity index is 1.81. The van der Waals surface area contributed by atoms with Gasteiger partial charge in [0.25, 0.3) is 0 Å². The van der Waals surface area contributed by atoms with Crippen LogP contribution in [0.2, 0.25) is 0 Å². The number of nitrogens with one attached hydrogen (secondary N) is 2. The van der Waals surface area contributed by atoms with Crippen LogP contribution in [0, 0.1) is 0 Å². The van der Waals surface area contributed by atoms with E-state index >= 15 is 0 Å². The molecule has 0 fully saturated rings. The molecule has 3 N–H and O–H groups in total. The molecular weight excluding hydrogens is 252 g/mol. The van der Waals surface area contributed by atoms with E-state index in [9.17, 15) is 9.59 Å². The van der Waals surface area contributed by atoms with Gasteiger partial charge in [-0.2, -0.15) is 5.10 Å². The predicted octanol–water partition coefficient (Wildman–Crippen LogP) is 0.882. The summed E-state index contributed by atoms with van der Waals surface area (Å²) in [6, 6.07) is 3.04. The lowest BCUT2D eigenvalue weighted by Crippen LogP contribution is -2.27. The van der Waals surface area contributed by atoms with Gasteiger partial charge in [-0.1, -0.05) is 0 Å². The maximum Gasteiger partial charge on any atom is 0.325 e. The van der Waals surface area contributed by atoms with E-state index in [1.54, 1.807) is 12.1 Å². The number of anilines is 1. The lowest BCUT2D eigenvalue weighted by molar-refractivity contribution is -0.137. The molecule has 0 atom stereocenters. The molecule has 8 nitrogen and oxygen atoms in total. The lowest BCUT2D eigenvalue weighted by atomic mass is 10.4. The molecule has 2 rings (SSSR count). The first kappa shape index (κ1) is 12.7. The lowest BCUT2D eigenvalue weighted by Gasteiger charge is -2.03. The number of rotatable bonds is 5. The van der Waals surface area contributed by atoms with Gasteiger partial charge in [0.05, 0.1) is 24.7 Å². The molecule has 2 aromatic heterocycles. The van der Waals surface area contributed by atoms with Crippen molar-refractivity contribution in [3.05, 3.63) is 36.5 Å². The van der Waals surface area contributed by atoms with E-state index in [2.05, 4.69) is 15.7 Å². The Bertz CT molecular complexity index is 561. The van der Waals surface area contributed by atoms with Crippen LogP contribution in [0.15, 0.2) is 35.2 Å². The second kappa shape index (κ2) is 5.71. The van der Waals surface area contributed by atoms with E-state index in [-0.39, 0.29) is 13.1 Å². The Morgan fingerprint density at radius 1 is 1.47 bits per heavy atom. The van der Waals surface area contributed by atoms with Gasteiger partial charge in [0.15, 0.2) is 0 Å². The standard InChI is InChI=1S/C11H12N4O4/c16-10(17)7-15-6-8(4-13-15)14-11(18)12-5-9-2-1-3-19-9/h1-4,6H,5,7H2,(H,16,17)(H2,12,14,18). The largest absolute Gasteiger partial charge is 0.480 e. The number of furan rings is 1. The monoisotopic (exact) mass is 264 g/mol. The average molecular weight is 264 g/mol. The van der Waals surface area contributed by atoms with Gasteiger partial charge in [0.1, 0.15) is 12.3 Å². The molecule has 0 saturated carbocycles. The molecule has 0 aromatic carbocycles. The molecular formula is C11H12N4O4. The van der Waals surface area contributed by atoms with E-state index < -0.39 is 12.0 Å². The highest BCUT2D eigenvalue weighted by atomic mass is 16.4. The quantitative estimate of drug-likeness (QED) is 0.742. The molecule has 0 aliphatic carbocycles. The predicted molar refractivity (Wildman–Crippen MR) is 64.4 cm³/mol. The number of aliphatic carboxylic acids is 1. The summed E-state index contributed by atoms with van der Waals surface area (Å²) in [6.07, 6.45) is 4.32. The van der Waals surface area contributed by atoms with Gasteiger partial charge < -0.3 is 20.2 Å². The summed E-state index contributed by atoms with van der Waals surface area (Å²) in [5, 5.41) is 17.5. The van der Waals surface area contributed by atoms with Gasteiger partial charge in [-0.3, -0.25) is 9.48 Å². The fraction of sp³-hybridized carbons (Fsp3) is 0.182. The van der Waals surface area contributed by atoms with Gasteiger partial charge in [-0.15, -0.1) is 0 Å². The van der Waals surface area contributed by atoms with Crippen molar-refractivity contribution >= 4 is 17.7 Å². The number of carboxylic acids is 1. The van der Waals surface area contributed by atoms with Crippen LogP contribution >= 0.6 is 0 Å². The van der Waals surface area contributed by atoms with E-state index in [1.165, 1.54) is 23.3 Å². The third-order valence-electron chi connectivity index (χ3n) is 2.19. The van der Waals surface area contributed by atoms with Crippen molar-refractivity contribution in [3.63, 3.8) is 0 Å². The van der Waals surface area contributed by atoms with Crippen LogP contribution in [-0.2, 0) is 17.9 Å². The Hall–Kier alpha value is -2.77. The molecule has 0 aliphatic rings. The second-order valence-corrected chi connectivity index (χ2v) is 3.71. The number of carbonyl (C=O) groups excluding carboxylic acids is 1. The third-order valence-corrected chi connectivity index (χ3v) is 2.19. The molecule has 8 heteroatoms. The highest BCUT2D eigenvalue weighted by Crippen LogP contribution is 2.05. The minimum Gasteiger partial charge on any atom is -0.480 e. The third kappa shape index (κ3) is 3.87. The van der Waals surface area contributed by atoms with Gasteiger partial charge in [0.2, 0.25) is 0 Å². The van der Waals surface area contributed by atoms with Crippen LogP contribution in [0.3, 0.4) is 0 Å². The zero-order valence-corrected chi connectivity index (χ0v) is 9.87. The molecule has 2 aromatic rings. The summed E-state index contributed by atoms with van der Waals surface area (Å²) >= 11 is 0. The van der Waals surface area contributed by atoms with Crippen molar-refractivity contribution in [3.8, 4) is 0 Å². The normalized spacial score (nSPS) is 10.1. The molecule has 0 radical (unpaired) electrons. The minimum absolute atomic E-state index is 0.254. The van der Waals surface area contributed by atoms with Gasteiger partial charge in [-0.25, -0.2) is 4.79 Å². The summed E-state index contributed by atoms with van der Waals surface area (Å²) in [5.74, 6) is -0.367. The average Bonchev–Trinajstić information content (AvgIpc) is 2.97. The number of urea groups is 1. The van der Waals surface area contributed by atoms with Crippen molar-refractivity contribution in [1.82, 2.24) is 15.1 Å². The minimum atomic E-state index is -1.00. The first-order chi connectivity index (χ1) is 9.13. The van der Waals surface area contributed by atoms with Crippen LogP contribution < -0.4 is 10.6 Å². The van der Waals surface area contributed by atoms with Crippen molar-refractivity contribution in [2.45, 2.75) is 13.1 Å². The number of carbonyl (C=O) groups is 2. The van der Waals surface area contributed by atoms with Crippen molar-refractivity contribution in [1.29, 1.82) is 0 Å². The number of carboxylic acid groups (broad SMARTS) is 1. The Kier molecular flexibility index (Phi) is 3.81. The smallest absolute Gasteiger partial charge is 0.325 e. The number of hydrogen-bond donors (Lipinski definition) is 3. The van der Waals surface area contributed by atoms with E-state index in [0.29, 0.717) is 11.4 Å². The molecule has 0 unspecified atom stereocenters. The Morgan fingerprint density at radius 2 is 2.32 bits per heavy atom. The van der Waals surface area contributed by atoms with Crippen molar-refractivity contribution in [2.24, 2.45) is 0 Å². The van der Waals surface area contributed by atoms with Crippen LogP contribution in [0.25, 0.3) is 0 Å². The molecule has 100 valence electrons. The summed E-state index contributed by atoms with van der Waals surface area (Å²) in [6.45, 7) is 0.0117. The molecule has 2 heterocycles. The fourth-order valence-electron chi connectivity index (χ4n) is 1.41. The number of aromatic nitrogens is 2. The zero-order chi connectivity index (χ0) is 13.7. The second-order valence-electron chi connectivity index (χ2n) is 3.71. The molecule has 0 aliphatic heterocycles. The van der Waals surface area contributed by atoms with Crippen molar-refractivity contribution < 1.29 is 19.1 Å². The molecule has 0 saturated heterocycles. The van der Waals surface area contributed by atoms with Crippen LogP contribution in [-0.4, -0.2) is 26.9 Å². The summed E-state index contributed by atoms with van der Waals surface area (Å²) < 4.78 is 6.27. The summed E-state index contributed by atoms with van der Waals surface area (Å²) in [7, 11) is 0. The topological polar surface area (TPSA) is 109 Å². The van der Waals surface area contributed by atoms with Crippen LogP contribution in [0.1, 0.15) is 5.76 Å². The molecule has 0 bridgehead atoms. The highest BCUT2D eigenvalue weighted by molar-refractivity contribution is 5.88. The van der Waals surface area contributed by atoms with Crippen molar-refractivity contribution in [2.75, 3.05) is 5.32 Å². The SMILES string of the molecule is O=C(O)Cn1cc(NC(=O)NCc2ccco2)cn1. The van der Waals surface area contributed by atoms with E-state index in [1.807, 2.05) is 0 Å². The Morgan fingerprint density at radius 3 is 3.00 bits per heavy atom. The Labute approximate surface area is 108 Å². The van der Waals surface area contributed by atoms with Crippen LogP contribution in [0.4, 0.5) is 10.5 Å². The first-order valence-electron chi connectivity index (χ1n) is 5.45. The number of hydrogen-bond acceptors (Lipinski definition) is 4. The number of amides is 2. The number of nitrogens with zero attached hydrogens (tertiary/aromatic N) is 2. The molecule has 0 spiro atoms. The van der Waals surface area contributed by atoms with Gasteiger partial charge in [-0.05, 0) is 12.1 Å². The maximum atomic E-state index is 11.5. The summed E-state index contributed by atoms with van der Waals surface area (Å²) in [5.41, 5.74) is 0.415. The highest BCUT2D eigenvalue weighted by Gasteiger charge is 2.06. The van der Waals surface area contributed by atoms with Gasteiger partial charge >= 0.3 is 12.0 Å². The van der Waals surface area contributed by atoms with Crippen LogP contribution in [0.5, 0.6) is 0 Å². The zero-order valence-electron chi connectivity index (χ0n) is 9.87. The fourth-order valence-corrected chi connectivity index (χ4v) is 1.41. The van der Waals surface area contributed by atoms with Gasteiger partial charge in [0, 0.05) is 6.20 Å². The van der Waals surface area contributed by atoms with E-state index in [0.717, 1.165) is 0 Å². The maximum absolute atomic E-state index is 11.5. The molecule has 2 amide bonds. The summed E-state index contributed by atoms with van der Waals surface area (Å²) in [4.78, 5) is 22.0. The first-order valence-corrected chi connectivity index (χ1v) is 5.45. The molecule has 19 heavy (non-hydrogen) atoms. The van der Waals surface area contributed by atoms with E-state index in [4.69, 9.17) is 9.52 Å².